The van der Waals surface area contributed by atoms with Crippen LogP contribution in [0.15, 0.2) is 0 Å². The standard InChI is InChI=1S/C8H16N6/c1-13-5-3-7(4-6-13)9-8-10-11-12-14(8)2/h7H,3-6H2,1-2H3,(H,9,10,12). The van der Waals surface area contributed by atoms with Crippen LogP contribution in [0.5, 0.6) is 0 Å². The van der Waals surface area contributed by atoms with Gasteiger partial charge >= 0.3 is 0 Å². The molecule has 0 spiro atoms. The molecule has 0 amide bonds. The van der Waals surface area contributed by atoms with Crippen molar-refractivity contribution in [2.75, 3.05) is 25.5 Å². The molecular weight excluding hydrogens is 180 g/mol. The van der Waals surface area contributed by atoms with Crippen molar-refractivity contribution in [3.05, 3.63) is 0 Å². The number of hydrogen-bond acceptors (Lipinski definition) is 5. The minimum absolute atomic E-state index is 0.510. The summed E-state index contributed by atoms with van der Waals surface area (Å²) in [5, 5.41) is 14.6. The van der Waals surface area contributed by atoms with Gasteiger partial charge in [0.1, 0.15) is 0 Å². The molecule has 0 unspecified atom stereocenters. The normalized spacial score (nSPS) is 19.9. The number of piperidine rings is 1. The fraction of sp³-hybridized carbons (Fsp3) is 0.875. The van der Waals surface area contributed by atoms with Crippen LogP contribution in [0.3, 0.4) is 0 Å². The molecule has 0 aliphatic carbocycles. The smallest absolute Gasteiger partial charge is 0.242 e. The number of hydrogen-bond donors (Lipinski definition) is 1. The van der Waals surface area contributed by atoms with Crippen molar-refractivity contribution in [1.29, 1.82) is 0 Å². The molecule has 1 N–H and O–H groups in total. The summed E-state index contributed by atoms with van der Waals surface area (Å²) in [7, 11) is 4.00. The van der Waals surface area contributed by atoms with Crippen LogP contribution in [0.4, 0.5) is 5.95 Å². The Labute approximate surface area is 83.3 Å². The first-order valence-electron chi connectivity index (χ1n) is 4.93. The first-order valence-corrected chi connectivity index (χ1v) is 4.93. The Morgan fingerprint density at radius 3 is 2.57 bits per heavy atom. The van der Waals surface area contributed by atoms with Crippen LogP contribution in [0.1, 0.15) is 12.8 Å². The van der Waals surface area contributed by atoms with E-state index in [0.717, 1.165) is 31.9 Å². The summed E-state index contributed by atoms with van der Waals surface area (Å²) < 4.78 is 1.66. The quantitative estimate of drug-likeness (QED) is 0.704. The maximum Gasteiger partial charge on any atom is 0.242 e. The highest BCUT2D eigenvalue weighted by molar-refractivity contribution is 5.23. The van der Waals surface area contributed by atoms with Gasteiger partial charge in [-0.2, -0.15) is 0 Å². The second kappa shape index (κ2) is 3.91. The summed E-state index contributed by atoms with van der Waals surface area (Å²) in [5.74, 6) is 0.763. The van der Waals surface area contributed by atoms with Gasteiger partial charge in [0.05, 0.1) is 0 Å². The molecule has 0 radical (unpaired) electrons. The number of tetrazole rings is 1. The maximum absolute atomic E-state index is 3.91. The molecule has 2 rings (SSSR count). The second-order valence-electron chi connectivity index (χ2n) is 3.85. The maximum atomic E-state index is 3.91. The van der Waals surface area contributed by atoms with Gasteiger partial charge in [0.25, 0.3) is 0 Å². The molecule has 1 aliphatic rings. The molecule has 1 aromatic heterocycles. The first kappa shape index (κ1) is 9.39. The Morgan fingerprint density at radius 2 is 2.00 bits per heavy atom. The molecule has 6 nitrogen and oxygen atoms in total. The number of aryl methyl sites for hydroxylation is 1. The van der Waals surface area contributed by atoms with Crippen molar-refractivity contribution in [3.63, 3.8) is 0 Å². The molecule has 0 aromatic carbocycles. The summed E-state index contributed by atoms with van der Waals surface area (Å²) in [6, 6.07) is 0.510. The topological polar surface area (TPSA) is 58.9 Å². The van der Waals surface area contributed by atoms with Crippen LogP contribution in [0, 0.1) is 0 Å². The summed E-state index contributed by atoms with van der Waals surface area (Å²) in [5.41, 5.74) is 0. The van der Waals surface area contributed by atoms with E-state index in [4.69, 9.17) is 0 Å². The molecule has 0 bridgehead atoms. The molecule has 1 aliphatic heterocycles. The molecule has 78 valence electrons. The number of aromatic nitrogens is 4. The minimum atomic E-state index is 0.510. The predicted octanol–water partition coefficient (Wildman–Crippen LogP) is -0.284. The molecule has 1 aromatic rings. The SMILES string of the molecule is CN1CCC(Nc2nnnn2C)CC1. The van der Waals surface area contributed by atoms with E-state index >= 15 is 0 Å². The average Bonchev–Trinajstić information content (AvgIpc) is 2.56. The summed E-state index contributed by atoms with van der Waals surface area (Å²) in [6.45, 7) is 2.28. The molecule has 0 saturated carbocycles. The van der Waals surface area contributed by atoms with Crippen LogP contribution >= 0.6 is 0 Å². The van der Waals surface area contributed by atoms with Gasteiger partial charge in [-0.3, -0.25) is 0 Å². The van der Waals surface area contributed by atoms with E-state index in [2.05, 4.69) is 32.8 Å². The van der Waals surface area contributed by atoms with Gasteiger partial charge in [-0.05, 0) is 43.4 Å². The Balaban J connectivity index is 1.89. The Hall–Kier alpha value is -1.17. The third-order valence-electron chi connectivity index (χ3n) is 2.67. The van der Waals surface area contributed by atoms with E-state index < -0.39 is 0 Å². The highest BCUT2D eigenvalue weighted by Crippen LogP contribution is 2.12. The second-order valence-corrected chi connectivity index (χ2v) is 3.85. The molecule has 14 heavy (non-hydrogen) atoms. The van der Waals surface area contributed by atoms with Gasteiger partial charge in [-0.25, -0.2) is 4.68 Å². The molecule has 1 saturated heterocycles. The van der Waals surface area contributed by atoms with E-state index in [-0.39, 0.29) is 0 Å². The van der Waals surface area contributed by atoms with Crippen molar-refractivity contribution >= 4 is 5.95 Å². The van der Waals surface area contributed by atoms with Crippen molar-refractivity contribution in [1.82, 2.24) is 25.1 Å². The lowest BCUT2D eigenvalue weighted by Crippen LogP contribution is -2.37. The number of anilines is 1. The van der Waals surface area contributed by atoms with Crippen LogP contribution in [-0.2, 0) is 7.05 Å². The van der Waals surface area contributed by atoms with Crippen LogP contribution in [0.25, 0.3) is 0 Å². The van der Waals surface area contributed by atoms with Crippen LogP contribution in [0.2, 0.25) is 0 Å². The first-order chi connectivity index (χ1) is 6.75. The van der Waals surface area contributed by atoms with Crippen LogP contribution < -0.4 is 5.32 Å². The summed E-state index contributed by atoms with van der Waals surface area (Å²) >= 11 is 0. The molecular formula is C8H16N6. The van der Waals surface area contributed by atoms with Crippen molar-refractivity contribution in [2.45, 2.75) is 18.9 Å². The van der Waals surface area contributed by atoms with E-state index in [9.17, 15) is 0 Å². The largest absolute Gasteiger partial charge is 0.350 e. The van der Waals surface area contributed by atoms with Crippen molar-refractivity contribution < 1.29 is 0 Å². The zero-order chi connectivity index (χ0) is 9.97. The van der Waals surface area contributed by atoms with E-state index in [1.807, 2.05) is 7.05 Å². The van der Waals surface area contributed by atoms with Crippen molar-refractivity contribution in [2.24, 2.45) is 7.05 Å². The lowest BCUT2D eigenvalue weighted by atomic mass is 10.1. The lowest BCUT2D eigenvalue weighted by Gasteiger charge is -2.29. The predicted molar refractivity (Wildman–Crippen MR) is 52.9 cm³/mol. The highest BCUT2D eigenvalue weighted by Gasteiger charge is 2.17. The lowest BCUT2D eigenvalue weighted by molar-refractivity contribution is 0.263. The summed E-state index contributed by atoms with van der Waals surface area (Å²) in [6.07, 6.45) is 2.31. The minimum Gasteiger partial charge on any atom is -0.350 e. The Kier molecular flexibility index (Phi) is 2.62. The number of likely N-dealkylation sites (tertiary alicyclic amines) is 1. The van der Waals surface area contributed by atoms with E-state index in [1.165, 1.54) is 0 Å². The highest BCUT2D eigenvalue weighted by atomic mass is 15.6. The Morgan fingerprint density at radius 1 is 1.29 bits per heavy atom. The number of rotatable bonds is 2. The molecule has 2 heterocycles. The zero-order valence-corrected chi connectivity index (χ0v) is 8.64. The van der Waals surface area contributed by atoms with Crippen molar-refractivity contribution in [3.8, 4) is 0 Å². The number of nitrogens with zero attached hydrogens (tertiary/aromatic N) is 5. The molecule has 0 atom stereocenters. The molecule has 1 fully saturated rings. The van der Waals surface area contributed by atoms with Gasteiger partial charge < -0.3 is 10.2 Å². The van der Waals surface area contributed by atoms with E-state index in [0.29, 0.717) is 6.04 Å². The van der Waals surface area contributed by atoms with E-state index in [1.54, 1.807) is 4.68 Å². The van der Waals surface area contributed by atoms with Gasteiger partial charge in [-0.15, -0.1) is 0 Å². The zero-order valence-electron chi connectivity index (χ0n) is 8.64. The fourth-order valence-electron chi connectivity index (χ4n) is 1.69. The van der Waals surface area contributed by atoms with Gasteiger partial charge in [0.15, 0.2) is 0 Å². The number of nitrogens with one attached hydrogen (secondary N) is 1. The third kappa shape index (κ3) is 2.01. The van der Waals surface area contributed by atoms with Gasteiger partial charge in [-0.1, -0.05) is 5.10 Å². The monoisotopic (exact) mass is 196 g/mol. The van der Waals surface area contributed by atoms with Gasteiger partial charge in [0, 0.05) is 13.1 Å². The third-order valence-corrected chi connectivity index (χ3v) is 2.67. The summed E-state index contributed by atoms with van der Waals surface area (Å²) in [4.78, 5) is 2.34. The average molecular weight is 196 g/mol. The Bertz CT molecular complexity index is 288. The molecule has 6 heteroatoms. The van der Waals surface area contributed by atoms with Crippen LogP contribution in [-0.4, -0.2) is 51.3 Å². The van der Waals surface area contributed by atoms with Gasteiger partial charge in [0.2, 0.25) is 5.95 Å². The fourth-order valence-corrected chi connectivity index (χ4v) is 1.69.